The third kappa shape index (κ3) is 3.67. The number of allylic oxidation sites excluding steroid dienone is 3. The maximum Gasteiger partial charge on any atom is 0.337 e. The number of methoxy groups -OCH3 is 3. The first-order valence-electron chi connectivity index (χ1n) is 9.79. The van der Waals surface area contributed by atoms with Crippen LogP contribution in [0.2, 0.25) is 0 Å². The number of carbonyl (C=O) groups is 2. The first-order valence-corrected chi connectivity index (χ1v) is 9.79. The monoisotopic (exact) mass is 413 g/mol. The maximum absolute atomic E-state index is 13.0. The Kier molecular flexibility index (Phi) is 6.50. The average Bonchev–Trinajstić information content (AvgIpc) is 2.75. The van der Waals surface area contributed by atoms with Gasteiger partial charge in [-0.3, -0.25) is 4.79 Å². The molecule has 1 heterocycles. The SMILES string of the molecule is C=CCOC(=O)C1=C(C)NC2=C(C(=O)CCC2)[C@H]1c1ccc(OC)c(OC)c1OC. The number of carbonyl (C=O) groups excluding carboxylic acids is 2. The Bertz CT molecular complexity index is 943. The zero-order valence-electron chi connectivity index (χ0n) is 17.8. The maximum atomic E-state index is 13.0. The van der Waals surface area contributed by atoms with E-state index in [9.17, 15) is 9.59 Å². The molecule has 0 bridgehead atoms. The lowest BCUT2D eigenvalue weighted by molar-refractivity contribution is -0.138. The summed E-state index contributed by atoms with van der Waals surface area (Å²) < 4.78 is 21.9. The van der Waals surface area contributed by atoms with Crippen molar-refractivity contribution in [3.05, 3.63) is 52.9 Å². The summed E-state index contributed by atoms with van der Waals surface area (Å²) >= 11 is 0. The van der Waals surface area contributed by atoms with Crippen LogP contribution < -0.4 is 19.5 Å². The second-order valence-electron chi connectivity index (χ2n) is 7.08. The molecule has 1 aromatic rings. The molecule has 3 rings (SSSR count). The number of nitrogens with one attached hydrogen (secondary N) is 1. The number of dihydropyridines is 1. The Balaban J connectivity index is 2.26. The van der Waals surface area contributed by atoms with Crippen LogP contribution in [-0.4, -0.2) is 39.7 Å². The molecule has 0 radical (unpaired) electrons. The van der Waals surface area contributed by atoms with Crippen molar-refractivity contribution < 1.29 is 28.5 Å². The van der Waals surface area contributed by atoms with Crippen molar-refractivity contribution in [2.45, 2.75) is 32.1 Å². The van der Waals surface area contributed by atoms with Crippen LogP contribution in [-0.2, 0) is 14.3 Å². The number of ether oxygens (including phenoxy) is 4. The summed E-state index contributed by atoms with van der Waals surface area (Å²) in [6, 6.07) is 3.55. The topological polar surface area (TPSA) is 83.1 Å². The molecule has 1 N–H and O–H groups in total. The fourth-order valence-electron chi connectivity index (χ4n) is 4.13. The molecule has 0 unspecified atom stereocenters. The second-order valence-corrected chi connectivity index (χ2v) is 7.08. The Morgan fingerprint density at radius 3 is 2.53 bits per heavy atom. The Morgan fingerprint density at radius 1 is 1.17 bits per heavy atom. The molecule has 0 aromatic heterocycles. The number of Topliss-reactive ketones (excluding diaryl/α,β-unsaturated/α-hetero) is 1. The third-order valence-corrected chi connectivity index (χ3v) is 5.37. The van der Waals surface area contributed by atoms with E-state index in [0.29, 0.717) is 46.1 Å². The molecule has 1 aliphatic heterocycles. The van der Waals surface area contributed by atoms with Gasteiger partial charge in [-0.2, -0.15) is 0 Å². The van der Waals surface area contributed by atoms with E-state index in [4.69, 9.17) is 18.9 Å². The average molecular weight is 413 g/mol. The fourth-order valence-corrected chi connectivity index (χ4v) is 4.13. The van der Waals surface area contributed by atoms with Crippen LogP contribution >= 0.6 is 0 Å². The molecule has 1 aliphatic carbocycles. The lowest BCUT2D eigenvalue weighted by Crippen LogP contribution is -2.34. The van der Waals surface area contributed by atoms with Crippen molar-refractivity contribution in [1.82, 2.24) is 5.32 Å². The van der Waals surface area contributed by atoms with Crippen molar-refractivity contribution in [3.8, 4) is 17.2 Å². The molecule has 30 heavy (non-hydrogen) atoms. The third-order valence-electron chi connectivity index (χ3n) is 5.37. The summed E-state index contributed by atoms with van der Waals surface area (Å²) in [5, 5.41) is 3.26. The summed E-state index contributed by atoms with van der Waals surface area (Å²) in [6.45, 7) is 5.49. The summed E-state index contributed by atoms with van der Waals surface area (Å²) in [5.41, 5.74) is 3.08. The van der Waals surface area contributed by atoms with Gasteiger partial charge in [0.05, 0.1) is 32.8 Å². The van der Waals surface area contributed by atoms with Crippen LogP contribution in [0.3, 0.4) is 0 Å². The second kappa shape index (κ2) is 9.07. The number of hydrogen-bond acceptors (Lipinski definition) is 7. The van der Waals surface area contributed by atoms with Crippen molar-refractivity contribution in [2.24, 2.45) is 0 Å². The minimum Gasteiger partial charge on any atom is -0.493 e. The number of hydrogen-bond donors (Lipinski definition) is 1. The van der Waals surface area contributed by atoms with Gasteiger partial charge in [-0.25, -0.2) is 4.79 Å². The minimum atomic E-state index is -0.638. The van der Waals surface area contributed by atoms with Gasteiger partial charge < -0.3 is 24.3 Å². The van der Waals surface area contributed by atoms with E-state index in [-0.39, 0.29) is 12.4 Å². The standard InChI is InChI=1S/C23H27NO6/c1-6-12-30-23(26)18-13(2)24-15-8-7-9-16(25)20(15)19(18)14-10-11-17(27-3)22(29-5)21(14)28-4/h6,10-11,19,24H,1,7-9,12H2,2-5H3/t19-/m0/s1. The Labute approximate surface area is 176 Å². The molecule has 7 heteroatoms. The summed E-state index contributed by atoms with van der Waals surface area (Å²) in [7, 11) is 4.57. The van der Waals surface area contributed by atoms with Gasteiger partial charge in [0.25, 0.3) is 0 Å². The van der Waals surface area contributed by atoms with Crippen LogP contribution in [0.4, 0.5) is 0 Å². The molecular formula is C23H27NO6. The molecule has 2 aliphatic rings. The summed E-state index contributed by atoms with van der Waals surface area (Å²) in [4.78, 5) is 26.0. The van der Waals surface area contributed by atoms with Gasteiger partial charge in [0.2, 0.25) is 5.75 Å². The Morgan fingerprint density at radius 2 is 1.90 bits per heavy atom. The molecule has 0 saturated carbocycles. The highest BCUT2D eigenvalue weighted by molar-refractivity contribution is 6.04. The molecule has 160 valence electrons. The van der Waals surface area contributed by atoms with E-state index < -0.39 is 11.9 Å². The van der Waals surface area contributed by atoms with Crippen LogP contribution in [0.15, 0.2) is 47.3 Å². The van der Waals surface area contributed by atoms with E-state index in [1.807, 2.05) is 6.92 Å². The molecule has 1 atom stereocenters. The van der Waals surface area contributed by atoms with E-state index in [2.05, 4.69) is 11.9 Å². The van der Waals surface area contributed by atoms with Crippen molar-refractivity contribution in [3.63, 3.8) is 0 Å². The quantitative estimate of drug-likeness (QED) is 0.542. The number of rotatable bonds is 7. The smallest absolute Gasteiger partial charge is 0.337 e. The van der Waals surface area contributed by atoms with E-state index >= 15 is 0 Å². The highest BCUT2D eigenvalue weighted by Crippen LogP contribution is 2.49. The summed E-state index contributed by atoms with van der Waals surface area (Å²) in [5.74, 6) is 0.168. The molecule has 0 spiro atoms. The largest absolute Gasteiger partial charge is 0.493 e. The normalized spacial score (nSPS) is 18.4. The fraction of sp³-hybridized carbons (Fsp3) is 0.391. The lowest BCUT2D eigenvalue weighted by atomic mass is 9.75. The number of esters is 1. The van der Waals surface area contributed by atoms with Crippen molar-refractivity contribution >= 4 is 11.8 Å². The molecule has 0 amide bonds. The molecule has 1 aromatic carbocycles. The van der Waals surface area contributed by atoms with Gasteiger partial charge in [0.15, 0.2) is 17.3 Å². The van der Waals surface area contributed by atoms with Gasteiger partial charge in [-0.15, -0.1) is 0 Å². The number of benzene rings is 1. The van der Waals surface area contributed by atoms with Gasteiger partial charge in [-0.05, 0) is 25.8 Å². The highest BCUT2D eigenvalue weighted by Gasteiger charge is 2.41. The lowest BCUT2D eigenvalue weighted by Gasteiger charge is -2.34. The van der Waals surface area contributed by atoms with Crippen molar-refractivity contribution in [2.75, 3.05) is 27.9 Å². The zero-order valence-corrected chi connectivity index (χ0v) is 17.8. The van der Waals surface area contributed by atoms with Crippen LogP contribution in [0.1, 0.15) is 37.7 Å². The predicted molar refractivity (Wildman–Crippen MR) is 112 cm³/mol. The first kappa shape index (κ1) is 21.5. The van der Waals surface area contributed by atoms with Gasteiger partial charge in [0.1, 0.15) is 6.61 Å². The zero-order chi connectivity index (χ0) is 21.8. The molecule has 0 fully saturated rings. The van der Waals surface area contributed by atoms with E-state index in [0.717, 1.165) is 18.5 Å². The van der Waals surface area contributed by atoms with E-state index in [1.165, 1.54) is 27.4 Å². The van der Waals surface area contributed by atoms with Gasteiger partial charge in [0, 0.05) is 29.0 Å². The Hall–Kier alpha value is -3.22. The van der Waals surface area contributed by atoms with Crippen molar-refractivity contribution in [1.29, 1.82) is 0 Å². The first-order chi connectivity index (χ1) is 14.5. The molecular weight excluding hydrogens is 386 g/mol. The van der Waals surface area contributed by atoms with Crippen LogP contribution in [0, 0.1) is 0 Å². The molecule has 7 nitrogen and oxygen atoms in total. The minimum absolute atomic E-state index is 0.00658. The number of ketones is 1. The van der Waals surface area contributed by atoms with Crippen LogP contribution in [0.5, 0.6) is 17.2 Å². The molecule has 0 saturated heterocycles. The predicted octanol–water partition coefficient (Wildman–Crippen LogP) is 3.41. The van der Waals surface area contributed by atoms with Crippen LogP contribution in [0.25, 0.3) is 0 Å². The summed E-state index contributed by atoms with van der Waals surface area (Å²) in [6.07, 6.45) is 3.44. The van der Waals surface area contributed by atoms with E-state index in [1.54, 1.807) is 12.1 Å². The van der Waals surface area contributed by atoms with Gasteiger partial charge >= 0.3 is 5.97 Å². The highest BCUT2D eigenvalue weighted by atomic mass is 16.5. The van der Waals surface area contributed by atoms with Gasteiger partial charge in [-0.1, -0.05) is 18.7 Å².